The number of hydrogen-bond donors (Lipinski definition) is 2. The van der Waals surface area contributed by atoms with E-state index in [4.69, 9.17) is 30.0 Å². The van der Waals surface area contributed by atoms with E-state index in [-0.39, 0.29) is 18.1 Å². The molecule has 11 nitrogen and oxygen atoms in total. The molecule has 3 N–H and O–H groups in total. The monoisotopic (exact) mass is 470 g/mol. The zero-order valence-electron chi connectivity index (χ0n) is 20.0. The predicted molar refractivity (Wildman–Crippen MR) is 126 cm³/mol. The van der Waals surface area contributed by atoms with Crippen molar-refractivity contribution < 1.29 is 24.1 Å². The summed E-state index contributed by atoms with van der Waals surface area (Å²) in [6.07, 6.45) is -0.315. The largest absolute Gasteiger partial charge is 0.496 e. The maximum absolute atomic E-state index is 11.5. The van der Waals surface area contributed by atoms with E-state index in [0.717, 1.165) is 0 Å². The zero-order chi connectivity index (χ0) is 24.6. The summed E-state index contributed by atoms with van der Waals surface area (Å²) >= 11 is 0. The fraction of sp³-hybridized carbons (Fsp3) is 0.478. The van der Waals surface area contributed by atoms with Crippen LogP contribution in [0, 0.1) is 0 Å². The van der Waals surface area contributed by atoms with Crippen molar-refractivity contribution in [1.29, 1.82) is 0 Å². The Morgan fingerprint density at radius 2 is 1.79 bits per heavy atom. The van der Waals surface area contributed by atoms with Gasteiger partial charge in [-0.1, -0.05) is 20.8 Å². The highest BCUT2D eigenvalue weighted by atomic mass is 16.5. The fourth-order valence-electron chi connectivity index (χ4n) is 3.96. The molecule has 1 fully saturated rings. The van der Waals surface area contributed by atoms with Crippen LogP contribution in [0.1, 0.15) is 44.8 Å². The van der Waals surface area contributed by atoms with Crippen LogP contribution in [-0.2, 0) is 12.0 Å². The van der Waals surface area contributed by atoms with E-state index in [2.05, 4.69) is 4.98 Å². The van der Waals surface area contributed by atoms with E-state index < -0.39 is 6.09 Å². The average Bonchev–Trinajstić information content (AvgIpc) is 3.42. The second-order valence-electron chi connectivity index (χ2n) is 9.28. The Balaban J connectivity index is 1.74. The van der Waals surface area contributed by atoms with Gasteiger partial charge in [0.05, 0.1) is 25.6 Å². The van der Waals surface area contributed by atoms with Gasteiger partial charge in [-0.3, -0.25) is 0 Å². The van der Waals surface area contributed by atoms with Crippen molar-refractivity contribution in [3.63, 3.8) is 0 Å². The van der Waals surface area contributed by atoms with Crippen LogP contribution in [0.4, 0.5) is 10.6 Å². The van der Waals surface area contributed by atoms with E-state index in [1.54, 1.807) is 37.1 Å². The number of aromatic nitrogens is 4. The van der Waals surface area contributed by atoms with Gasteiger partial charge in [-0.25, -0.2) is 19.4 Å². The maximum atomic E-state index is 11.5. The van der Waals surface area contributed by atoms with E-state index in [1.165, 1.54) is 4.90 Å². The molecule has 4 rings (SSSR count). The number of carbonyl (C=O) groups is 1. The van der Waals surface area contributed by atoms with Crippen molar-refractivity contribution in [2.24, 2.45) is 0 Å². The second kappa shape index (κ2) is 8.88. The Hall–Kier alpha value is -3.76. The highest BCUT2D eigenvalue weighted by Gasteiger charge is 2.31. The van der Waals surface area contributed by atoms with Gasteiger partial charge in [0.25, 0.3) is 0 Å². The van der Waals surface area contributed by atoms with E-state index in [0.29, 0.717) is 65.1 Å². The van der Waals surface area contributed by atoms with Crippen LogP contribution in [0.3, 0.4) is 0 Å². The summed E-state index contributed by atoms with van der Waals surface area (Å²) in [5, 5.41) is 14.8. The van der Waals surface area contributed by atoms with Gasteiger partial charge in [0.2, 0.25) is 0 Å². The van der Waals surface area contributed by atoms with Crippen molar-refractivity contribution in [2.75, 3.05) is 33.0 Å². The molecule has 3 heterocycles. The molecular formula is C23H30N6O5. The fourth-order valence-corrected chi connectivity index (χ4v) is 3.96. The van der Waals surface area contributed by atoms with E-state index in [1.807, 2.05) is 20.8 Å². The van der Waals surface area contributed by atoms with Crippen LogP contribution in [0.5, 0.6) is 17.2 Å². The number of methoxy groups -OCH3 is 2. The number of amides is 1. The summed E-state index contributed by atoms with van der Waals surface area (Å²) in [4.78, 5) is 22.2. The van der Waals surface area contributed by atoms with E-state index in [9.17, 15) is 9.90 Å². The Morgan fingerprint density at radius 1 is 1.15 bits per heavy atom. The first-order valence-corrected chi connectivity index (χ1v) is 11.0. The number of anilines is 1. The smallest absolute Gasteiger partial charge is 0.407 e. The number of carboxylic acid groups (broad SMARTS) is 1. The summed E-state index contributed by atoms with van der Waals surface area (Å²) < 4.78 is 18.4. The zero-order valence-corrected chi connectivity index (χ0v) is 20.0. The minimum absolute atomic E-state index is 0.109. The van der Waals surface area contributed by atoms with Crippen molar-refractivity contribution in [3.8, 4) is 17.2 Å². The highest BCUT2D eigenvalue weighted by molar-refractivity contribution is 5.88. The maximum Gasteiger partial charge on any atom is 0.407 e. The van der Waals surface area contributed by atoms with Crippen LogP contribution in [0.2, 0.25) is 0 Å². The molecule has 0 aliphatic carbocycles. The van der Waals surface area contributed by atoms with Crippen LogP contribution >= 0.6 is 0 Å². The molecule has 1 aromatic carbocycles. The summed E-state index contributed by atoms with van der Waals surface area (Å²) in [7, 11) is 3.14. The van der Waals surface area contributed by atoms with Crippen molar-refractivity contribution >= 4 is 22.9 Å². The lowest BCUT2D eigenvalue weighted by molar-refractivity contribution is 0.154. The van der Waals surface area contributed by atoms with Crippen LogP contribution < -0.4 is 19.9 Å². The van der Waals surface area contributed by atoms with Gasteiger partial charge < -0.3 is 30.0 Å². The molecule has 2 aromatic heterocycles. The molecule has 1 aliphatic heterocycles. The minimum Gasteiger partial charge on any atom is -0.496 e. The third-order valence-electron chi connectivity index (χ3n) is 5.80. The number of nitrogens with two attached hydrogens (primary N) is 1. The summed E-state index contributed by atoms with van der Waals surface area (Å²) in [6, 6.07) is 5.10. The third-order valence-corrected chi connectivity index (χ3v) is 5.80. The molecule has 0 bridgehead atoms. The Bertz CT molecular complexity index is 1200. The number of nitrogen functional groups attached to an aromatic ring is 1. The van der Waals surface area contributed by atoms with Crippen molar-refractivity contribution in [3.05, 3.63) is 29.7 Å². The molecule has 3 aromatic rings. The van der Waals surface area contributed by atoms with Gasteiger partial charge in [-0.2, -0.15) is 5.10 Å². The SMILES string of the molecule is COc1cc(OC)cc(OCc2nn([C@H]3CCN(C(=O)O)C3)c3nc(C(C)(C)C)nc(N)c23)c1. The van der Waals surface area contributed by atoms with Gasteiger partial charge in [0.15, 0.2) is 5.65 Å². The molecule has 1 aliphatic rings. The van der Waals surface area contributed by atoms with Crippen LogP contribution in [0.15, 0.2) is 18.2 Å². The molecule has 0 saturated carbocycles. The first kappa shape index (κ1) is 23.4. The van der Waals surface area contributed by atoms with Gasteiger partial charge in [0.1, 0.15) is 41.2 Å². The molecule has 0 spiro atoms. The number of benzene rings is 1. The molecule has 1 saturated heterocycles. The molecule has 0 radical (unpaired) electrons. The van der Waals surface area contributed by atoms with Crippen molar-refractivity contribution in [1.82, 2.24) is 24.6 Å². The van der Waals surface area contributed by atoms with Crippen molar-refractivity contribution in [2.45, 2.75) is 45.3 Å². The summed E-state index contributed by atoms with van der Waals surface area (Å²) in [5.41, 5.74) is 7.23. The number of fused-ring (bicyclic) bond motifs is 1. The lowest BCUT2D eigenvalue weighted by Gasteiger charge is -2.18. The van der Waals surface area contributed by atoms with Gasteiger partial charge in [-0.15, -0.1) is 0 Å². The number of likely N-dealkylation sites (tertiary alicyclic amines) is 1. The average molecular weight is 471 g/mol. The number of nitrogens with zero attached hydrogens (tertiary/aromatic N) is 5. The number of rotatable bonds is 6. The molecule has 0 unspecified atom stereocenters. The van der Waals surface area contributed by atoms with Gasteiger partial charge >= 0.3 is 6.09 Å². The summed E-state index contributed by atoms with van der Waals surface area (Å²) in [5.74, 6) is 2.65. The second-order valence-corrected chi connectivity index (χ2v) is 9.28. The number of hydrogen-bond acceptors (Lipinski definition) is 8. The van der Waals surface area contributed by atoms with Crippen LogP contribution in [0.25, 0.3) is 11.0 Å². The number of ether oxygens (including phenoxy) is 3. The Morgan fingerprint density at radius 3 is 2.35 bits per heavy atom. The predicted octanol–water partition coefficient (Wildman–Crippen LogP) is 3.23. The third kappa shape index (κ3) is 4.50. The molecular weight excluding hydrogens is 440 g/mol. The molecule has 1 amide bonds. The lowest BCUT2D eigenvalue weighted by atomic mass is 9.95. The lowest BCUT2D eigenvalue weighted by Crippen LogP contribution is -2.27. The summed E-state index contributed by atoms with van der Waals surface area (Å²) in [6.45, 7) is 6.90. The first-order chi connectivity index (χ1) is 16.1. The molecule has 1 atom stereocenters. The van der Waals surface area contributed by atoms with Gasteiger partial charge in [0, 0.05) is 36.7 Å². The Labute approximate surface area is 197 Å². The Kier molecular flexibility index (Phi) is 6.11. The minimum atomic E-state index is -0.945. The molecule has 11 heteroatoms. The normalized spacial score (nSPS) is 16.1. The topological polar surface area (TPSA) is 138 Å². The molecule has 182 valence electrons. The van der Waals surface area contributed by atoms with E-state index >= 15 is 0 Å². The van der Waals surface area contributed by atoms with Gasteiger partial charge in [-0.05, 0) is 6.42 Å². The highest BCUT2D eigenvalue weighted by Crippen LogP contribution is 2.33. The molecule has 34 heavy (non-hydrogen) atoms. The standard InChI is InChI=1S/C23H30N6O5/c1-23(2,3)21-25-19(24)18-17(12-34-16-9-14(32-4)8-15(10-16)33-5)27-29(20(18)26-21)13-6-7-28(11-13)22(30)31/h8-10,13H,6-7,11-12H2,1-5H3,(H,30,31)(H2,24,25,26)/t13-/m0/s1. The van der Waals surface area contributed by atoms with Crippen LogP contribution in [-0.4, -0.2) is 63.2 Å². The first-order valence-electron chi connectivity index (χ1n) is 11.0. The quantitative estimate of drug-likeness (QED) is 0.556.